The standard InChI is InChI=1S/C14H18ClNO2S2/c15-12-1-2-13(19-12)20(17,18)16-14-6-9-3-10(7-14)5-11(4-9)8-14/h1-2,9-11,16H,3-8H2. The van der Waals surface area contributed by atoms with Crippen molar-refractivity contribution in [1.29, 1.82) is 0 Å². The van der Waals surface area contributed by atoms with E-state index in [2.05, 4.69) is 4.72 Å². The van der Waals surface area contributed by atoms with Crippen LogP contribution in [-0.2, 0) is 10.0 Å². The second kappa shape index (κ2) is 4.45. The highest BCUT2D eigenvalue weighted by Gasteiger charge is 2.52. The van der Waals surface area contributed by atoms with Gasteiger partial charge >= 0.3 is 0 Å². The summed E-state index contributed by atoms with van der Waals surface area (Å²) in [5.41, 5.74) is -0.177. The SMILES string of the molecule is O=S(=O)(NC12CC3CC(CC(C3)C1)C2)c1ccc(Cl)s1. The van der Waals surface area contributed by atoms with Gasteiger partial charge in [-0.25, -0.2) is 13.1 Å². The first-order valence-electron chi connectivity index (χ1n) is 7.23. The summed E-state index contributed by atoms with van der Waals surface area (Å²) in [6.07, 6.45) is 7.01. The first-order valence-corrected chi connectivity index (χ1v) is 9.91. The molecule has 0 unspecified atom stereocenters. The van der Waals surface area contributed by atoms with Crippen LogP contribution in [0.2, 0.25) is 4.34 Å². The fourth-order valence-corrected chi connectivity index (χ4v) is 7.93. The molecule has 0 aliphatic heterocycles. The van der Waals surface area contributed by atoms with Crippen LogP contribution in [0.25, 0.3) is 0 Å². The molecule has 4 aliphatic rings. The van der Waals surface area contributed by atoms with Crippen molar-refractivity contribution in [2.24, 2.45) is 17.8 Å². The maximum absolute atomic E-state index is 12.6. The van der Waals surface area contributed by atoms with Crippen LogP contribution in [0.3, 0.4) is 0 Å². The average Bonchev–Trinajstić information content (AvgIpc) is 2.73. The first-order chi connectivity index (χ1) is 9.44. The largest absolute Gasteiger partial charge is 0.250 e. The second-order valence-corrected chi connectivity index (χ2v) is 10.5. The summed E-state index contributed by atoms with van der Waals surface area (Å²) in [5, 5.41) is 0. The molecule has 0 atom stereocenters. The third-order valence-electron chi connectivity index (χ3n) is 5.20. The Morgan fingerprint density at radius 3 is 2.10 bits per heavy atom. The van der Waals surface area contributed by atoms with Gasteiger partial charge in [-0.2, -0.15) is 0 Å². The maximum Gasteiger partial charge on any atom is 0.250 e. The molecule has 4 saturated carbocycles. The molecule has 1 heterocycles. The third-order valence-corrected chi connectivity index (χ3v) is 8.50. The van der Waals surface area contributed by atoms with Crippen molar-refractivity contribution in [1.82, 2.24) is 4.72 Å². The van der Waals surface area contributed by atoms with Crippen molar-refractivity contribution < 1.29 is 8.42 Å². The van der Waals surface area contributed by atoms with Gasteiger partial charge in [0.05, 0.1) is 4.34 Å². The van der Waals surface area contributed by atoms with Crippen molar-refractivity contribution in [3.05, 3.63) is 16.5 Å². The van der Waals surface area contributed by atoms with E-state index in [1.165, 1.54) is 19.3 Å². The summed E-state index contributed by atoms with van der Waals surface area (Å²) >= 11 is 7.01. The van der Waals surface area contributed by atoms with Crippen molar-refractivity contribution in [3.63, 3.8) is 0 Å². The van der Waals surface area contributed by atoms with E-state index in [1.54, 1.807) is 12.1 Å². The molecule has 1 N–H and O–H groups in total. The number of sulfonamides is 1. The quantitative estimate of drug-likeness (QED) is 0.919. The van der Waals surface area contributed by atoms with Crippen molar-refractivity contribution in [2.45, 2.75) is 48.3 Å². The van der Waals surface area contributed by atoms with Gasteiger partial charge in [0.15, 0.2) is 0 Å². The molecular formula is C14H18ClNO2S2. The highest BCUT2D eigenvalue weighted by Crippen LogP contribution is 2.56. The molecule has 1 aromatic heterocycles. The van der Waals surface area contributed by atoms with Crippen LogP contribution >= 0.6 is 22.9 Å². The lowest BCUT2D eigenvalue weighted by Gasteiger charge is -2.56. The highest BCUT2D eigenvalue weighted by atomic mass is 35.5. The van der Waals surface area contributed by atoms with Crippen LogP contribution in [0.15, 0.2) is 16.3 Å². The van der Waals surface area contributed by atoms with Gasteiger partial charge in [-0.05, 0) is 68.4 Å². The van der Waals surface area contributed by atoms with E-state index in [0.29, 0.717) is 8.55 Å². The van der Waals surface area contributed by atoms with E-state index in [1.807, 2.05) is 0 Å². The lowest BCUT2D eigenvalue weighted by atomic mass is 9.53. The first kappa shape index (κ1) is 13.6. The van der Waals surface area contributed by atoms with Gasteiger partial charge in [-0.15, -0.1) is 11.3 Å². The van der Waals surface area contributed by atoms with Gasteiger partial charge in [0.1, 0.15) is 4.21 Å². The molecule has 6 heteroatoms. The third kappa shape index (κ3) is 2.23. The van der Waals surface area contributed by atoms with E-state index >= 15 is 0 Å². The monoisotopic (exact) mass is 331 g/mol. The van der Waals surface area contributed by atoms with Crippen LogP contribution in [0.4, 0.5) is 0 Å². The Hall–Kier alpha value is -0.100. The minimum atomic E-state index is -3.42. The maximum atomic E-state index is 12.6. The normalized spacial score (nSPS) is 39.4. The Bertz CT molecular complexity index is 602. The van der Waals surface area contributed by atoms with Gasteiger partial charge in [0.2, 0.25) is 0 Å². The number of hydrogen-bond donors (Lipinski definition) is 1. The summed E-state index contributed by atoms with van der Waals surface area (Å²) in [6, 6.07) is 3.26. The zero-order valence-corrected chi connectivity index (χ0v) is 13.5. The molecule has 20 heavy (non-hydrogen) atoms. The Morgan fingerprint density at radius 1 is 1.10 bits per heavy atom. The molecule has 5 rings (SSSR count). The van der Waals surface area contributed by atoms with E-state index in [-0.39, 0.29) is 5.54 Å². The average molecular weight is 332 g/mol. The topological polar surface area (TPSA) is 46.2 Å². The van der Waals surface area contributed by atoms with Crippen LogP contribution in [-0.4, -0.2) is 14.0 Å². The smallest absolute Gasteiger partial charge is 0.206 e. The summed E-state index contributed by atoms with van der Waals surface area (Å²) in [6.45, 7) is 0. The minimum absolute atomic E-state index is 0.177. The van der Waals surface area contributed by atoms with E-state index < -0.39 is 10.0 Å². The molecule has 0 amide bonds. The number of thiophene rings is 1. The molecule has 1 aromatic rings. The molecule has 0 saturated heterocycles. The molecular weight excluding hydrogens is 314 g/mol. The molecule has 3 nitrogen and oxygen atoms in total. The summed E-state index contributed by atoms with van der Waals surface area (Å²) in [4.78, 5) is 0. The van der Waals surface area contributed by atoms with Gasteiger partial charge in [-0.1, -0.05) is 11.6 Å². The van der Waals surface area contributed by atoms with Gasteiger partial charge in [0, 0.05) is 5.54 Å². The van der Waals surface area contributed by atoms with Crippen LogP contribution < -0.4 is 4.72 Å². The lowest BCUT2D eigenvalue weighted by molar-refractivity contribution is -0.00807. The van der Waals surface area contributed by atoms with Crippen molar-refractivity contribution in [3.8, 4) is 0 Å². The van der Waals surface area contributed by atoms with Gasteiger partial charge < -0.3 is 0 Å². The van der Waals surface area contributed by atoms with Gasteiger partial charge in [0.25, 0.3) is 10.0 Å². The molecule has 0 aromatic carbocycles. The Labute approximate surface area is 128 Å². The minimum Gasteiger partial charge on any atom is -0.206 e. The van der Waals surface area contributed by atoms with Crippen LogP contribution in [0, 0.1) is 17.8 Å². The predicted molar refractivity (Wildman–Crippen MR) is 80.6 cm³/mol. The zero-order valence-electron chi connectivity index (χ0n) is 11.1. The highest BCUT2D eigenvalue weighted by molar-refractivity contribution is 7.91. The Balaban J connectivity index is 1.62. The summed E-state index contributed by atoms with van der Waals surface area (Å²) in [7, 11) is -3.42. The van der Waals surface area contributed by atoms with Crippen molar-refractivity contribution in [2.75, 3.05) is 0 Å². The fraction of sp³-hybridized carbons (Fsp3) is 0.714. The van der Waals surface area contributed by atoms with E-state index in [0.717, 1.165) is 48.4 Å². The van der Waals surface area contributed by atoms with Gasteiger partial charge in [-0.3, -0.25) is 0 Å². The zero-order chi connectivity index (χ0) is 14.0. The molecule has 110 valence electrons. The Morgan fingerprint density at radius 2 is 1.65 bits per heavy atom. The predicted octanol–water partition coefficient (Wildman–Crippen LogP) is 3.65. The molecule has 4 fully saturated rings. The number of halogens is 1. The second-order valence-electron chi connectivity index (χ2n) is 6.86. The summed E-state index contributed by atoms with van der Waals surface area (Å²) in [5.74, 6) is 2.20. The molecule has 0 spiro atoms. The van der Waals surface area contributed by atoms with Crippen LogP contribution in [0.5, 0.6) is 0 Å². The van der Waals surface area contributed by atoms with E-state index in [9.17, 15) is 8.42 Å². The van der Waals surface area contributed by atoms with E-state index in [4.69, 9.17) is 11.6 Å². The summed E-state index contributed by atoms with van der Waals surface area (Å²) < 4.78 is 29.1. The molecule has 4 bridgehead atoms. The molecule has 0 radical (unpaired) electrons. The Kier molecular flexibility index (Phi) is 3.01. The van der Waals surface area contributed by atoms with Crippen LogP contribution in [0.1, 0.15) is 38.5 Å². The number of nitrogens with one attached hydrogen (secondary N) is 1. The fourth-order valence-electron chi connectivity index (χ4n) is 5.01. The number of rotatable bonds is 3. The number of hydrogen-bond acceptors (Lipinski definition) is 3. The van der Waals surface area contributed by atoms with Crippen molar-refractivity contribution >= 4 is 33.0 Å². The molecule has 4 aliphatic carbocycles. The lowest BCUT2D eigenvalue weighted by Crippen LogP contribution is -2.59.